The monoisotopic (exact) mass is 184 g/mol. The van der Waals surface area contributed by atoms with E-state index in [-0.39, 0.29) is 17.6 Å². The van der Waals surface area contributed by atoms with Crippen LogP contribution in [0.5, 0.6) is 0 Å². The van der Waals surface area contributed by atoms with Crippen LogP contribution in [0.3, 0.4) is 0 Å². The maximum Gasteiger partial charge on any atom is 0.0621 e. The zero-order valence-corrected chi connectivity index (χ0v) is 8.37. The first kappa shape index (κ1) is 9.47. The van der Waals surface area contributed by atoms with E-state index in [1.165, 1.54) is 12.8 Å². The van der Waals surface area contributed by atoms with Gasteiger partial charge in [0.2, 0.25) is 0 Å². The van der Waals surface area contributed by atoms with E-state index in [0.29, 0.717) is 5.92 Å². The van der Waals surface area contributed by atoms with Crippen LogP contribution in [-0.2, 0) is 0 Å². The Hall–Kier alpha value is -0.0800. The predicted molar refractivity (Wildman–Crippen MR) is 51.3 cm³/mol. The van der Waals surface area contributed by atoms with Crippen LogP contribution in [0.15, 0.2) is 0 Å². The third-order valence-corrected chi connectivity index (χ3v) is 4.38. The van der Waals surface area contributed by atoms with Gasteiger partial charge in [0.05, 0.1) is 12.2 Å². The summed E-state index contributed by atoms with van der Waals surface area (Å²) in [7, 11) is 0. The van der Waals surface area contributed by atoms with Crippen molar-refractivity contribution in [1.29, 1.82) is 0 Å². The van der Waals surface area contributed by atoms with Gasteiger partial charge in [0.25, 0.3) is 0 Å². The van der Waals surface area contributed by atoms with Crippen LogP contribution in [0.25, 0.3) is 0 Å². The molecule has 0 aromatic carbocycles. The minimum Gasteiger partial charge on any atom is -0.392 e. The van der Waals surface area contributed by atoms with E-state index in [4.69, 9.17) is 0 Å². The maximum atomic E-state index is 9.97. The van der Waals surface area contributed by atoms with Crippen molar-refractivity contribution in [2.24, 2.45) is 11.3 Å². The maximum absolute atomic E-state index is 9.97. The first-order valence-corrected chi connectivity index (χ1v) is 5.52. The fraction of sp³-hybridized carbons (Fsp3) is 1.00. The Morgan fingerprint density at radius 2 is 1.38 bits per heavy atom. The van der Waals surface area contributed by atoms with Crippen LogP contribution in [0.1, 0.15) is 45.4 Å². The lowest BCUT2D eigenvalue weighted by Crippen LogP contribution is -2.52. The average molecular weight is 184 g/mol. The molecule has 2 fully saturated rings. The fourth-order valence-corrected chi connectivity index (χ4v) is 3.27. The molecule has 2 N–H and O–H groups in total. The summed E-state index contributed by atoms with van der Waals surface area (Å²) >= 11 is 0. The SMILES string of the molecule is CC12C(CCC[C@@H]1O)CCC[C@@H]2O. The fourth-order valence-electron chi connectivity index (χ4n) is 3.27. The summed E-state index contributed by atoms with van der Waals surface area (Å²) in [6.07, 6.45) is 5.87. The second kappa shape index (κ2) is 3.25. The molecule has 2 heteroatoms. The summed E-state index contributed by atoms with van der Waals surface area (Å²) < 4.78 is 0. The Kier molecular flexibility index (Phi) is 2.37. The van der Waals surface area contributed by atoms with Crippen LogP contribution >= 0.6 is 0 Å². The molecule has 0 aliphatic heterocycles. The lowest BCUT2D eigenvalue weighted by atomic mass is 9.58. The quantitative estimate of drug-likeness (QED) is 0.601. The van der Waals surface area contributed by atoms with Gasteiger partial charge >= 0.3 is 0 Å². The molecular formula is C11H20O2. The number of hydrogen-bond donors (Lipinski definition) is 2. The Bertz CT molecular complexity index is 175. The molecular weight excluding hydrogens is 164 g/mol. The standard InChI is InChI=1S/C11H20O2/c1-11-8(4-2-6-9(11)12)5-3-7-10(11)13/h8-10,12-13H,2-7H2,1H3/t8?,9-,10-,11?/m0/s1. The smallest absolute Gasteiger partial charge is 0.0621 e. The number of aliphatic hydroxyl groups excluding tert-OH is 2. The van der Waals surface area contributed by atoms with Crippen molar-refractivity contribution < 1.29 is 10.2 Å². The molecule has 0 spiro atoms. The third kappa shape index (κ3) is 1.31. The van der Waals surface area contributed by atoms with Gasteiger partial charge in [0.15, 0.2) is 0 Å². The lowest BCUT2D eigenvalue weighted by molar-refractivity contribution is -0.138. The average Bonchev–Trinajstić information content (AvgIpc) is 2.10. The van der Waals surface area contributed by atoms with Gasteiger partial charge in [-0.3, -0.25) is 0 Å². The lowest BCUT2D eigenvalue weighted by Gasteiger charge is -2.51. The van der Waals surface area contributed by atoms with Crippen molar-refractivity contribution in [3.8, 4) is 0 Å². The normalized spacial score (nSPS) is 51.5. The highest BCUT2D eigenvalue weighted by Crippen LogP contribution is 2.50. The van der Waals surface area contributed by atoms with Crippen molar-refractivity contribution in [2.75, 3.05) is 0 Å². The second-order valence-corrected chi connectivity index (χ2v) is 4.96. The van der Waals surface area contributed by atoms with Gasteiger partial charge in [-0.15, -0.1) is 0 Å². The summed E-state index contributed by atoms with van der Waals surface area (Å²) in [6, 6.07) is 0. The van der Waals surface area contributed by atoms with E-state index >= 15 is 0 Å². The van der Waals surface area contributed by atoms with E-state index in [1.807, 2.05) is 0 Å². The molecule has 76 valence electrons. The Balaban J connectivity index is 2.22. The van der Waals surface area contributed by atoms with E-state index in [2.05, 4.69) is 6.92 Å². The molecule has 0 aromatic heterocycles. The van der Waals surface area contributed by atoms with E-state index in [9.17, 15) is 10.2 Å². The zero-order chi connectivity index (χ0) is 9.47. The van der Waals surface area contributed by atoms with Crippen LogP contribution in [0, 0.1) is 11.3 Å². The molecule has 13 heavy (non-hydrogen) atoms. The highest BCUT2D eigenvalue weighted by atomic mass is 16.3. The van der Waals surface area contributed by atoms with Gasteiger partial charge in [0.1, 0.15) is 0 Å². The molecule has 2 rings (SSSR count). The molecule has 2 aliphatic rings. The van der Waals surface area contributed by atoms with Crippen molar-refractivity contribution >= 4 is 0 Å². The topological polar surface area (TPSA) is 40.5 Å². The molecule has 2 atom stereocenters. The van der Waals surface area contributed by atoms with Gasteiger partial charge in [-0.2, -0.15) is 0 Å². The van der Waals surface area contributed by atoms with Crippen LogP contribution in [-0.4, -0.2) is 22.4 Å². The Morgan fingerprint density at radius 1 is 0.923 bits per heavy atom. The van der Waals surface area contributed by atoms with Crippen molar-refractivity contribution in [3.63, 3.8) is 0 Å². The minimum atomic E-state index is -0.276. The number of hydrogen-bond acceptors (Lipinski definition) is 2. The first-order valence-electron chi connectivity index (χ1n) is 5.52. The minimum absolute atomic E-state index is 0.198. The Morgan fingerprint density at radius 3 is 1.77 bits per heavy atom. The van der Waals surface area contributed by atoms with E-state index in [1.54, 1.807) is 0 Å². The number of fused-ring (bicyclic) bond motifs is 1. The largest absolute Gasteiger partial charge is 0.392 e. The molecule has 0 aromatic rings. The second-order valence-electron chi connectivity index (χ2n) is 4.96. The highest BCUT2D eigenvalue weighted by Gasteiger charge is 2.49. The molecule has 2 saturated carbocycles. The zero-order valence-electron chi connectivity index (χ0n) is 8.37. The predicted octanol–water partition coefficient (Wildman–Crippen LogP) is 1.70. The summed E-state index contributed by atoms with van der Waals surface area (Å²) in [5.74, 6) is 0.556. The number of aliphatic hydroxyl groups is 2. The molecule has 0 amide bonds. The van der Waals surface area contributed by atoms with Crippen LogP contribution < -0.4 is 0 Å². The van der Waals surface area contributed by atoms with Crippen LogP contribution in [0.2, 0.25) is 0 Å². The number of rotatable bonds is 0. The van der Waals surface area contributed by atoms with Crippen molar-refractivity contribution in [1.82, 2.24) is 0 Å². The molecule has 0 saturated heterocycles. The summed E-state index contributed by atoms with van der Waals surface area (Å²) in [5.41, 5.74) is -0.198. The van der Waals surface area contributed by atoms with Crippen molar-refractivity contribution in [3.05, 3.63) is 0 Å². The van der Waals surface area contributed by atoms with Gasteiger partial charge in [-0.25, -0.2) is 0 Å². The van der Waals surface area contributed by atoms with E-state index in [0.717, 1.165) is 25.7 Å². The molecule has 0 unspecified atom stereocenters. The molecule has 2 nitrogen and oxygen atoms in total. The van der Waals surface area contributed by atoms with Gasteiger partial charge < -0.3 is 10.2 Å². The molecule has 0 heterocycles. The summed E-state index contributed by atoms with van der Waals surface area (Å²) in [6.45, 7) is 2.07. The van der Waals surface area contributed by atoms with Gasteiger partial charge in [-0.1, -0.05) is 19.8 Å². The molecule has 2 aliphatic carbocycles. The Labute approximate surface area is 80.0 Å². The van der Waals surface area contributed by atoms with E-state index < -0.39 is 0 Å². The third-order valence-electron chi connectivity index (χ3n) is 4.38. The van der Waals surface area contributed by atoms with Gasteiger partial charge in [0, 0.05) is 5.41 Å². The first-order chi connectivity index (χ1) is 6.15. The van der Waals surface area contributed by atoms with Gasteiger partial charge in [-0.05, 0) is 31.6 Å². The van der Waals surface area contributed by atoms with Crippen molar-refractivity contribution in [2.45, 2.75) is 57.7 Å². The summed E-state index contributed by atoms with van der Waals surface area (Å²) in [5, 5.41) is 19.9. The highest BCUT2D eigenvalue weighted by molar-refractivity contribution is 4.99. The van der Waals surface area contributed by atoms with Crippen LogP contribution in [0.4, 0.5) is 0 Å². The summed E-state index contributed by atoms with van der Waals surface area (Å²) in [4.78, 5) is 0. The molecule has 0 bridgehead atoms. The molecule has 0 radical (unpaired) electrons.